The third-order valence-electron chi connectivity index (χ3n) is 8.95. The summed E-state index contributed by atoms with van der Waals surface area (Å²) in [4.78, 5) is 14.2. The van der Waals surface area contributed by atoms with Crippen LogP contribution in [0.5, 0.6) is 5.75 Å². The summed E-state index contributed by atoms with van der Waals surface area (Å²) in [5.74, 6) is 6.40. The van der Waals surface area contributed by atoms with E-state index < -0.39 is 0 Å². The minimum atomic E-state index is -0.185. The highest BCUT2D eigenvalue weighted by molar-refractivity contribution is 7.97. The lowest BCUT2D eigenvalue weighted by molar-refractivity contribution is -0.158. The van der Waals surface area contributed by atoms with Gasteiger partial charge in [-0.2, -0.15) is 0 Å². The fourth-order valence-corrected chi connectivity index (χ4v) is 10.1. The molecule has 1 saturated heterocycles. The zero-order valence-corrected chi connectivity index (χ0v) is 18.2. The van der Waals surface area contributed by atoms with Gasteiger partial charge in [0.05, 0.1) is 0 Å². The monoisotopic (exact) mass is 421 g/mol. The van der Waals surface area contributed by atoms with E-state index in [0.29, 0.717) is 28.1 Å². The lowest BCUT2D eigenvalue weighted by Crippen LogP contribution is -2.41. The largest absolute Gasteiger partial charge is 0.481 e. The molecule has 4 aliphatic carbocycles. The van der Waals surface area contributed by atoms with Crippen molar-refractivity contribution < 1.29 is 14.3 Å². The number of ether oxygens (including phenoxy) is 2. The maximum absolute atomic E-state index is 12.7. The highest BCUT2D eigenvalue weighted by Gasteiger charge is 2.77. The van der Waals surface area contributed by atoms with Crippen LogP contribution in [-0.2, 0) is 20.4 Å². The molecule has 2 aromatic carbocycles. The van der Waals surface area contributed by atoms with Gasteiger partial charge in [0.15, 0.2) is 11.5 Å². The third-order valence-corrected chi connectivity index (χ3v) is 11.5. The quantitative estimate of drug-likeness (QED) is 0.505. The average Bonchev–Trinajstić information content (AvgIpc) is 3.17. The third kappa shape index (κ3) is 2.49. The van der Waals surface area contributed by atoms with Crippen LogP contribution >= 0.6 is 0 Å². The summed E-state index contributed by atoms with van der Waals surface area (Å²) in [6, 6.07) is 12.8. The van der Waals surface area contributed by atoms with Crippen molar-refractivity contribution in [3.8, 4) is 5.75 Å². The van der Waals surface area contributed by atoms with Gasteiger partial charge in [0, 0.05) is 27.6 Å². The minimum Gasteiger partial charge on any atom is -0.481 e. The summed E-state index contributed by atoms with van der Waals surface area (Å²) in [6.07, 6.45) is 8.14. The van der Waals surface area contributed by atoms with Crippen LogP contribution in [0.15, 0.2) is 41.3 Å². The second-order valence-corrected chi connectivity index (χ2v) is 12.5. The van der Waals surface area contributed by atoms with E-state index in [9.17, 15) is 4.79 Å². The highest BCUT2D eigenvalue weighted by atomic mass is 32.2. The van der Waals surface area contributed by atoms with E-state index >= 15 is 0 Å². The van der Waals surface area contributed by atoms with Crippen molar-refractivity contribution in [1.82, 2.24) is 0 Å². The Morgan fingerprint density at radius 3 is 2.67 bits per heavy atom. The molecule has 0 N–H and O–H groups in total. The molecule has 4 heteroatoms. The number of carbonyl (C=O) groups is 1. The number of benzene rings is 2. The van der Waals surface area contributed by atoms with Crippen LogP contribution in [0.25, 0.3) is 10.8 Å². The molecule has 2 aromatic rings. The summed E-state index contributed by atoms with van der Waals surface area (Å²) in [5.41, 5.74) is 0.580. The molecule has 6 unspecified atom stereocenters. The van der Waals surface area contributed by atoms with Crippen molar-refractivity contribution in [2.75, 3.05) is 18.1 Å². The van der Waals surface area contributed by atoms with Crippen LogP contribution in [-0.4, -0.2) is 30.2 Å². The van der Waals surface area contributed by atoms with Gasteiger partial charge in [0.1, 0.15) is 23.4 Å². The zero-order valence-electron chi connectivity index (χ0n) is 17.3. The van der Waals surface area contributed by atoms with E-state index in [-0.39, 0.29) is 18.7 Å². The highest BCUT2D eigenvalue weighted by Crippen LogP contribution is 2.81. The minimum absolute atomic E-state index is 0.0187. The van der Waals surface area contributed by atoms with Crippen molar-refractivity contribution >= 4 is 27.6 Å². The Morgan fingerprint density at radius 1 is 0.967 bits per heavy atom. The topological polar surface area (TPSA) is 35.5 Å². The van der Waals surface area contributed by atoms with Gasteiger partial charge >= 0.3 is 5.97 Å². The predicted molar refractivity (Wildman–Crippen MR) is 119 cm³/mol. The van der Waals surface area contributed by atoms with Gasteiger partial charge in [-0.15, -0.1) is 0 Å². The summed E-state index contributed by atoms with van der Waals surface area (Å²) in [7, 11) is 0.361. The van der Waals surface area contributed by atoms with E-state index in [2.05, 4.69) is 36.4 Å². The number of carbonyl (C=O) groups excluding carboxylic acids is 1. The lowest BCUT2D eigenvalue weighted by Gasteiger charge is -2.44. The van der Waals surface area contributed by atoms with Gasteiger partial charge in [-0.05, 0) is 79.9 Å². The van der Waals surface area contributed by atoms with Gasteiger partial charge in [-0.1, -0.05) is 18.2 Å². The molecule has 0 radical (unpaired) electrons. The Bertz CT molecular complexity index is 1030. The first-order valence-electron chi connectivity index (χ1n) is 11.7. The molecule has 7 rings (SSSR count). The van der Waals surface area contributed by atoms with Gasteiger partial charge in [0.25, 0.3) is 0 Å². The van der Waals surface area contributed by atoms with Crippen LogP contribution < -0.4 is 4.74 Å². The van der Waals surface area contributed by atoms with E-state index in [1.54, 1.807) is 0 Å². The predicted octanol–water partition coefficient (Wildman–Crippen LogP) is 4.97. The van der Waals surface area contributed by atoms with Crippen molar-refractivity contribution in [2.24, 2.45) is 29.1 Å². The molecule has 0 amide bonds. The summed E-state index contributed by atoms with van der Waals surface area (Å²) in [5, 5.41) is 2.41. The van der Waals surface area contributed by atoms with E-state index in [0.717, 1.165) is 23.0 Å². The Morgan fingerprint density at radius 2 is 1.80 bits per heavy atom. The molecule has 1 heterocycles. The van der Waals surface area contributed by atoms with Crippen LogP contribution in [0.4, 0.5) is 0 Å². The molecule has 3 nitrogen and oxygen atoms in total. The van der Waals surface area contributed by atoms with Crippen LogP contribution in [0.3, 0.4) is 0 Å². The molecule has 5 aliphatic rings. The van der Waals surface area contributed by atoms with E-state index in [1.165, 1.54) is 60.3 Å². The molecule has 4 saturated carbocycles. The molecule has 30 heavy (non-hydrogen) atoms. The van der Waals surface area contributed by atoms with Crippen LogP contribution in [0.2, 0.25) is 0 Å². The molecule has 156 valence electrons. The second-order valence-electron chi connectivity index (χ2n) is 10.3. The number of fused-ring (bicyclic) bond motifs is 2. The first kappa shape index (κ1) is 17.9. The van der Waals surface area contributed by atoms with Crippen molar-refractivity contribution in [3.05, 3.63) is 36.4 Å². The number of hydrogen-bond acceptors (Lipinski definition) is 3. The van der Waals surface area contributed by atoms with Gasteiger partial charge in [0.2, 0.25) is 0 Å². The molecule has 1 spiro atoms. The molecular weight excluding hydrogens is 392 g/mol. The Hall–Kier alpha value is -1.68. The fraction of sp³-hybridized carbons (Fsp3) is 0.577. The van der Waals surface area contributed by atoms with Gasteiger partial charge in [-0.25, -0.2) is 4.79 Å². The molecule has 1 aliphatic heterocycles. The summed E-state index contributed by atoms with van der Waals surface area (Å²) in [6.45, 7) is 0.0187. The Labute approximate surface area is 180 Å². The average molecular weight is 422 g/mol. The first-order chi connectivity index (χ1) is 14.7. The smallest absolute Gasteiger partial charge is 0.344 e. The molecule has 2 bridgehead atoms. The van der Waals surface area contributed by atoms with E-state index in [1.807, 2.05) is 0 Å². The SMILES string of the molecule is O=C(COc1ccc([S+]2CCCC2)c2ccccc12)OC1C2CC3CC4(CC14)C3C2. The van der Waals surface area contributed by atoms with Gasteiger partial charge in [-0.3, -0.25) is 0 Å². The maximum atomic E-state index is 12.7. The number of esters is 1. The first-order valence-corrected chi connectivity index (χ1v) is 13.3. The Kier molecular flexibility index (Phi) is 3.84. The maximum Gasteiger partial charge on any atom is 0.344 e. The lowest BCUT2D eigenvalue weighted by atomic mass is 9.61. The van der Waals surface area contributed by atoms with Crippen molar-refractivity contribution in [3.63, 3.8) is 0 Å². The molecule has 6 atom stereocenters. The van der Waals surface area contributed by atoms with Gasteiger partial charge < -0.3 is 9.47 Å². The summed E-state index contributed by atoms with van der Waals surface area (Å²) >= 11 is 0. The molecular formula is C26H29O3S+. The molecule has 5 fully saturated rings. The van der Waals surface area contributed by atoms with Crippen LogP contribution in [0.1, 0.15) is 38.5 Å². The van der Waals surface area contributed by atoms with Crippen LogP contribution in [0, 0.1) is 29.1 Å². The fourth-order valence-electron chi connectivity index (χ4n) is 7.63. The number of hydrogen-bond donors (Lipinski definition) is 0. The van der Waals surface area contributed by atoms with Crippen molar-refractivity contribution in [1.29, 1.82) is 0 Å². The second kappa shape index (κ2) is 6.41. The summed E-state index contributed by atoms with van der Waals surface area (Å²) < 4.78 is 12.1. The normalized spacial score (nSPS) is 38.2. The number of rotatable bonds is 5. The van der Waals surface area contributed by atoms with Crippen molar-refractivity contribution in [2.45, 2.75) is 49.5 Å². The van der Waals surface area contributed by atoms with E-state index in [4.69, 9.17) is 9.47 Å². The Balaban J connectivity index is 1.07. The standard InChI is InChI=1S/C26H29O3S/c27-24(29-25-16-11-17-13-26(14-21(25)26)20(17)12-16)15-28-22-7-8-23(30-9-3-4-10-30)19-6-2-1-5-18(19)22/h1-2,5-8,16-17,20-21,25H,3-4,9-15H2/q+1. The molecule has 0 aromatic heterocycles. The zero-order chi connectivity index (χ0) is 19.9.